The molecule has 0 aliphatic carbocycles. The minimum atomic E-state index is -0.149. The highest BCUT2D eigenvalue weighted by atomic mass is 16.2. The third-order valence-electron chi connectivity index (χ3n) is 10.2. The molecule has 0 bridgehead atoms. The second kappa shape index (κ2) is 19.5. The van der Waals surface area contributed by atoms with E-state index < -0.39 is 0 Å². The molecular weight excluding hydrogens is 639 g/mol. The van der Waals surface area contributed by atoms with Crippen LogP contribution < -0.4 is 0 Å². The van der Waals surface area contributed by atoms with Crippen molar-refractivity contribution in [1.82, 2.24) is 14.8 Å². The van der Waals surface area contributed by atoms with Gasteiger partial charge in [-0.2, -0.15) is 0 Å². The van der Waals surface area contributed by atoms with E-state index in [1.165, 1.54) is 44.5 Å². The number of hydrogen-bond donors (Lipinski definition) is 0. The Kier molecular flexibility index (Phi) is 14.4. The summed E-state index contributed by atoms with van der Waals surface area (Å²) in [6.07, 6.45) is 8.61. The summed E-state index contributed by atoms with van der Waals surface area (Å²) in [4.78, 5) is 36.8. The maximum absolute atomic E-state index is 14.2. The van der Waals surface area contributed by atoms with Gasteiger partial charge >= 0.3 is 0 Å². The van der Waals surface area contributed by atoms with E-state index >= 15 is 0 Å². The lowest BCUT2D eigenvalue weighted by atomic mass is 10.1. The highest BCUT2D eigenvalue weighted by Gasteiger charge is 2.22. The Morgan fingerprint density at radius 3 is 1.02 bits per heavy atom. The van der Waals surface area contributed by atoms with Gasteiger partial charge in [0.1, 0.15) is 5.69 Å². The maximum atomic E-state index is 14.2. The molecule has 2 amide bonds. The Morgan fingerprint density at radius 2 is 0.712 bits per heavy atom. The van der Waals surface area contributed by atoms with Crippen LogP contribution in [0, 0.1) is 0 Å². The van der Waals surface area contributed by atoms with Crippen molar-refractivity contribution >= 4 is 11.8 Å². The molecule has 0 radical (unpaired) electrons. The number of aryl methyl sites for hydroxylation is 4. The number of pyridine rings is 1. The van der Waals surface area contributed by atoms with E-state index in [9.17, 15) is 9.59 Å². The maximum Gasteiger partial charge on any atom is 0.272 e. The average Bonchev–Trinajstić information content (AvgIpc) is 3.21. The van der Waals surface area contributed by atoms with Crippen molar-refractivity contribution in [3.05, 3.63) is 171 Å². The summed E-state index contributed by atoms with van der Waals surface area (Å²) in [5, 5.41) is 0. The summed E-state index contributed by atoms with van der Waals surface area (Å²) >= 11 is 0. The molecule has 0 spiro atoms. The first kappa shape index (κ1) is 38.2. The van der Waals surface area contributed by atoms with Gasteiger partial charge in [0.05, 0.1) is 0 Å². The Hall–Kier alpha value is -5.03. The number of aromatic nitrogens is 1. The SMILES string of the molecule is CCc1ccc(CCN(CCc2ccc(CC)cc2)C(=O)c2ccnc(C(=O)N(CCc3ccc(CC)cc3)CCc3ccc(CC)cc3)c2)cc1. The van der Waals surface area contributed by atoms with Crippen LogP contribution in [0.3, 0.4) is 0 Å². The van der Waals surface area contributed by atoms with Crippen molar-refractivity contribution in [2.45, 2.75) is 79.1 Å². The van der Waals surface area contributed by atoms with Gasteiger partial charge in [-0.25, -0.2) is 0 Å². The summed E-state index contributed by atoms with van der Waals surface area (Å²) in [7, 11) is 0. The van der Waals surface area contributed by atoms with E-state index in [0.717, 1.165) is 51.4 Å². The molecule has 0 fully saturated rings. The molecule has 0 aliphatic rings. The molecule has 0 saturated heterocycles. The molecule has 0 aliphatic heterocycles. The predicted molar refractivity (Wildman–Crippen MR) is 214 cm³/mol. The smallest absolute Gasteiger partial charge is 0.272 e. The quantitative estimate of drug-likeness (QED) is 0.0920. The van der Waals surface area contributed by atoms with Gasteiger partial charge in [0.25, 0.3) is 11.8 Å². The van der Waals surface area contributed by atoms with E-state index in [0.29, 0.717) is 37.4 Å². The first-order valence-corrected chi connectivity index (χ1v) is 19.2. The molecule has 5 heteroatoms. The van der Waals surface area contributed by atoms with Gasteiger partial charge in [-0.15, -0.1) is 0 Å². The molecule has 270 valence electrons. The highest BCUT2D eigenvalue weighted by molar-refractivity contribution is 5.98. The monoisotopic (exact) mass is 693 g/mol. The molecule has 5 aromatic rings. The van der Waals surface area contributed by atoms with Crippen molar-refractivity contribution in [3.63, 3.8) is 0 Å². The van der Waals surface area contributed by atoms with Crippen LogP contribution in [-0.4, -0.2) is 52.8 Å². The lowest BCUT2D eigenvalue weighted by Crippen LogP contribution is -2.36. The van der Waals surface area contributed by atoms with Crippen molar-refractivity contribution < 1.29 is 9.59 Å². The summed E-state index contributed by atoms with van der Waals surface area (Å²) in [5.41, 5.74) is 10.8. The van der Waals surface area contributed by atoms with E-state index in [4.69, 9.17) is 0 Å². The van der Waals surface area contributed by atoms with E-state index in [2.05, 4.69) is 130 Å². The van der Waals surface area contributed by atoms with Gasteiger partial charge in [-0.1, -0.05) is 125 Å². The van der Waals surface area contributed by atoms with Crippen LogP contribution in [0.2, 0.25) is 0 Å². The molecular formula is C47H55N3O2. The third kappa shape index (κ3) is 11.0. The molecule has 1 aromatic heterocycles. The Balaban J connectivity index is 1.34. The van der Waals surface area contributed by atoms with Crippen LogP contribution in [-0.2, 0) is 51.4 Å². The van der Waals surface area contributed by atoms with Crippen LogP contribution in [0.4, 0.5) is 0 Å². The lowest BCUT2D eigenvalue weighted by molar-refractivity contribution is 0.0752. The average molecular weight is 694 g/mol. The summed E-state index contributed by atoms with van der Waals surface area (Å²) in [6, 6.07) is 38.1. The molecule has 0 N–H and O–H groups in total. The zero-order valence-electron chi connectivity index (χ0n) is 31.6. The van der Waals surface area contributed by atoms with Crippen LogP contribution in [0.5, 0.6) is 0 Å². The molecule has 1 heterocycles. The van der Waals surface area contributed by atoms with Gasteiger partial charge in [-0.3, -0.25) is 14.6 Å². The van der Waals surface area contributed by atoms with Crippen LogP contribution in [0.1, 0.15) is 93.0 Å². The van der Waals surface area contributed by atoms with E-state index in [1.54, 1.807) is 18.3 Å². The minimum Gasteiger partial charge on any atom is -0.338 e. The van der Waals surface area contributed by atoms with E-state index in [-0.39, 0.29) is 11.8 Å². The fourth-order valence-corrected chi connectivity index (χ4v) is 6.48. The van der Waals surface area contributed by atoms with Gasteiger partial charge < -0.3 is 9.80 Å². The van der Waals surface area contributed by atoms with Gasteiger partial charge in [-0.05, 0) is 108 Å². The Bertz CT molecular complexity index is 1610. The van der Waals surface area contributed by atoms with Gasteiger partial charge in [0.2, 0.25) is 0 Å². The molecule has 0 saturated carbocycles. The molecule has 0 atom stereocenters. The highest BCUT2D eigenvalue weighted by Crippen LogP contribution is 2.16. The van der Waals surface area contributed by atoms with Gasteiger partial charge in [0.15, 0.2) is 0 Å². The topological polar surface area (TPSA) is 53.5 Å². The molecule has 5 nitrogen and oxygen atoms in total. The Morgan fingerprint density at radius 1 is 0.423 bits per heavy atom. The normalized spacial score (nSPS) is 11.0. The molecule has 5 rings (SSSR count). The van der Waals surface area contributed by atoms with Crippen molar-refractivity contribution in [2.75, 3.05) is 26.2 Å². The van der Waals surface area contributed by atoms with Crippen molar-refractivity contribution in [2.24, 2.45) is 0 Å². The third-order valence-corrected chi connectivity index (χ3v) is 10.2. The first-order valence-electron chi connectivity index (χ1n) is 19.2. The number of nitrogens with zero attached hydrogens (tertiary/aromatic N) is 3. The fourth-order valence-electron chi connectivity index (χ4n) is 6.48. The zero-order chi connectivity index (χ0) is 36.7. The number of hydrogen-bond acceptors (Lipinski definition) is 3. The number of amides is 2. The van der Waals surface area contributed by atoms with Crippen LogP contribution in [0.25, 0.3) is 0 Å². The lowest BCUT2D eigenvalue weighted by Gasteiger charge is -2.25. The van der Waals surface area contributed by atoms with Crippen LogP contribution >= 0.6 is 0 Å². The zero-order valence-corrected chi connectivity index (χ0v) is 31.6. The van der Waals surface area contributed by atoms with Crippen LogP contribution in [0.15, 0.2) is 115 Å². The molecule has 0 unspecified atom stereocenters. The standard InChI is InChI=1S/C47H55N3O2/c1-5-36-9-17-40(18-10-36)26-31-49(32-27-41-19-11-37(6-2)12-20-41)46(51)44-25-30-48-45(35-44)47(52)50(33-28-42-21-13-38(7-3)14-22-42)34-29-43-23-15-39(8-4)16-24-43/h9-25,30,35H,5-8,26-29,31-34H2,1-4H3. The number of benzene rings is 4. The second-order valence-electron chi connectivity index (χ2n) is 13.7. The predicted octanol–water partition coefficient (Wildman–Crippen LogP) is 9.19. The fraction of sp³-hybridized carbons (Fsp3) is 0.340. The minimum absolute atomic E-state index is 0.0783. The first-order chi connectivity index (χ1) is 25.4. The molecule has 4 aromatic carbocycles. The largest absolute Gasteiger partial charge is 0.338 e. The summed E-state index contributed by atoms with van der Waals surface area (Å²) in [6.45, 7) is 10.9. The van der Waals surface area contributed by atoms with Gasteiger partial charge in [0, 0.05) is 37.9 Å². The number of rotatable bonds is 18. The number of carbonyl (C=O) groups excluding carboxylic acids is 2. The van der Waals surface area contributed by atoms with E-state index in [1.807, 2.05) is 9.80 Å². The second-order valence-corrected chi connectivity index (χ2v) is 13.7. The summed E-state index contributed by atoms with van der Waals surface area (Å²) in [5.74, 6) is -0.228. The molecule has 52 heavy (non-hydrogen) atoms. The van der Waals surface area contributed by atoms with Crippen molar-refractivity contribution in [3.8, 4) is 0 Å². The van der Waals surface area contributed by atoms with Crippen molar-refractivity contribution in [1.29, 1.82) is 0 Å². The summed E-state index contributed by atoms with van der Waals surface area (Å²) < 4.78 is 0. The number of carbonyl (C=O) groups is 2. The Labute approximate surface area is 311 Å².